The zero-order valence-electron chi connectivity index (χ0n) is 19.6. The Morgan fingerprint density at radius 3 is 2.72 bits per heavy atom. The van der Waals surface area contributed by atoms with Crippen LogP contribution in [0.3, 0.4) is 0 Å². The monoisotopic (exact) mass is 428 g/mol. The molecule has 5 heteroatoms. The highest BCUT2D eigenvalue weighted by molar-refractivity contribution is 6.26. The van der Waals surface area contributed by atoms with Gasteiger partial charge >= 0.3 is 0 Å². The number of aryl methyl sites for hydroxylation is 3. The molecule has 0 bridgehead atoms. The first-order chi connectivity index (χ1) is 15.4. The van der Waals surface area contributed by atoms with E-state index in [9.17, 15) is 4.79 Å². The summed E-state index contributed by atoms with van der Waals surface area (Å²) in [5, 5.41) is 0. The Labute approximate surface area is 190 Å². The summed E-state index contributed by atoms with van der Waals surface area (Å²) in [6, 6.07) is 9.40. The maximum atomic E-state index is 13.1. The van der Waals surface area contributed by atoms with E-state index < -0.39 is 0 Å². The topological polar surface area (TPSA) is 40.8 Å². The van der Waals surface area contributed by atoms with Gasteiger partial charge < -0.3 is 9.30 Å². The Balaban J connectivity index is 1.48. The van der Waals surface area contributed by atoms with Crippen LogP contribution in [0.1, 0.15) is 48.3 Å². The molecule has 166 valence electrons. The van der Waals surface area contributed by atoms with Crippen LogP contribution in [0.15, 0.2) is 36.7 Å². The molecule has 0 radical (unpaired) electrons. The van der Waals surface area contributed by atoms with Crippen LogP contribution in [-0.2, 0) is 11.2 Å². The Kier molecular flexibility index (Phi) is 5.38. The van der Waals surface area contributed by atoms with Gasteiger partial charge in [-0.3, -0.25) is 14.7 Å². The summed E-state index contributed by atoms with van der Waals surface area (Å²) in [5.41, 5.74) is 8.52. The number of fused-ring (bicyclic) bond motifs is 2. The van der Waals surface area contributed by atoms with Crippen LogP contribution in [0.2, 0.25) is 0 Å². The van der Waals surface area contributed by atoms with Crippen molar-refractivity contribution in [2.45, 2.75) is 46.6 Å². The van der Waals surface area contributed by atoms with E-state index in [0.29, 0.717) is 12.5 Å². The molecule has 1 atom stereocenters. The predicted octanol–water partition coefficient (Wildman–Crippen LogP) is 4.54. The third-order valence-electron chi connectivity index (χ3n) is 7.08. The van der Waals surface area contributed by atoms with E-state index in [1.54, 1.807) is 0 Å². The number of benzene rings is 1. The van der Waals surface area contributed by atoms with Gasteiger partial charge in [0.05, 0.1) is 16.9 Å². The zero-order valence-corrected chi connectivity index (χ0v) is 19.6. The van der Waals surface area contributed by atoms with E-state index in [0.717, 1.165) is 66.2 Å². The van der Waals surface area contributed by atoms with Gasteiger partial charge in [0.1, 0.15) is 0 Å². The number of aromatic nitrogens is 2. The predicted molar refractivity (Wildman–Crippen MR) is 131 cm³/mol. The van der Waals surface area contributed by atoms with Gasteiger partial charge in [-0.15, -0.1) is 0 Å². The van der Waals surface area contributed by atoms with Gasteiger partial charge in [0.15, 0.2) is 5.78 Å². The van der Waals surface area contributed by atoms with Crippen molar-refractivity contribution in [1.82, 2.24) is 14.3 Å². The van der Waals surface area contributed by atoms with Gasteiger partial charge in [-0.05, 0) is 69.1 Å². The number of carbonyl (C=O) groups is 1. The molecule has 0 amide bonds. The van der Waals surface area contributed by atoms with Crippen molar-refractivity contribution >= 4 is 28.6 Å². The lowest BCUT2D eigenvalue weighted by atomic mass is 10.0. The minimum Gasteiger partial charge on any atom is -0.369 e. The number of hydrogen-bond donors (Lipinski definition) is 0. The smallest absolute Gasteiger partial charge is 0.163 e. The molecule has 32 heavy (non-hydrogen) atoms. The van der Waals surface area contributed by atoms with E-state index in [-0.39, 0.29) is 5.78 Å². The third kappa shape index (κ3) is 3.75. The van der Waals surface area contributed by atoms with Crippen molar-refractivity contribution in [3.8, 4) is 0 Å². The quantitative estimate of drug-likeness (QED) is 0.614. The van der Waals surface area contributed by atoms with Gasteiger partial charge in [0.25, 0.3) is 0 Å². The molecule has 3 heterocycles. The molecular formula is C27H32N4O. The number of rotatable bonds is 3. The van der Waals surface area contributed by atoms with Crippen LogP contribution in [0.25, 0.3) is 17.2 Å². The molecule has 1 aromatic carbocycles. The highest BCUT2D eigenvalue weighted by Gasteiger charge is 2.24. The Hall–Kier alpha value is -2.92. The molecule has 2 aromatic heterocycles. The summed E-state index contributed by atoms with van der Waals surface area (Å²) in [6.45, 7) is 12.9. The second-order valence-electron chi connectivity index (χ2n) is 9.28. The average molecular weight is 429 g/mol. The summed E-state index contributed by atoms with van der Waals surface area (Å²) >= 11 is 0. The number of nitrogens with zero attached hydrogens (tertiary/aromatic N) is 4. The van der Waals surface area contributed by atoms with E-state index in [4.69, 9.17) is 0 Å². The molecule has 1 aliphatic heterocycles. The third-order valence-corrected chi connectivity index (χ3v) is 7.08. The van der Waals surface area contributed by atoms with Crippen molar-refractivity contribution in [1.29, 1.82) is 0 Å². The number of hydrogen-bond acceptors (Lipinski definition) is 4. The number of ketones is 1. The van der Waals surface area contributed by atoms with Gasteiger partial charge in [-0.25, -0.2) is 0 Å². The normalized spacial score (nSPS) is 19.8. The maximum absolute atomic E-state index is 13.1. The minimum absolute atomic E-state index is 0.214. The van der Waals surface area contributed by atoms with Crippen molar-refractivity contribution in [3.63, 3.8) is 0 Å². The van der Waals surface area contributed by atoms with E-state index in [1.807, 2.05) is 20.0 Å². The largest absolute Gasteiger partial charge is 0.369 e. The van der Waals surface area contributed by atoms with Crippen molar-refractivity contribution < 1.29 is 4.79 Å². The molecule has 5 rings (SSSR count). The van der Waals surface area contributed by atoms with E-state index in [2.05, 4.69) is 69.6 Å². The molecule has 1 aliphatic carbocycles. The van der Waals surface area contributed by atoms with Gasteiger partial charge in [-0.2, -0.15) is 0 Å². The first-order valence-electron chi connectivity index (χ1n) is 11.8. The zero-order chi connectivity index (χ0) is 22.4. The first-order valence-corrected chi connectivity index (χ1v) is 11.8. The van der Waals surface area contributed by atoms with Crippen LogP contribution >= 0.6 is 0 Å². The van der Waals surface area contributed by atoms with Crippen molar-refractivity contribution in [2.75, 3.05) is 31.1 Å². The highest BCUT2D eigenvalue weighted by Crippen LogP contribution is 2.32. The maximum Gasteiger partial charge on any atom is 0.163 e. The average Bonchev–Trinajstić information content (AvgIpc) is 3.12. The number of Topliss-reactive ketones (excluding diaryl/α,β-unsaturated/α-hetero) is 1. The highest BCUT2D eigenvalue weighted by atomic mass is 16.1. The fourth-order valence-corrected chi connectivity index (χ4v) is 5.28. The van der Waals surface area contributed by atoms with E-state index >= 15 is 0 Å². The van der Waals surface area contributed by atoms with Crippen molar-refractivity contribution in [2.24, 2.45) is 0 Å². The van der Waals surface area contributed by atoms with Crippen LogP contribution in [0.5, 0.6) is 0 Å². The van der Waals surface area contributed by atoms with Gasteiger partial charge in [0.2, 0.25) is 0 Å². The molecule has 0 saturated carbocycles. The Morgan fingerprint density at radius 2 is 1.94 bits per heavy atom. The molecule has 5 nitrogen and oxygen atoms in total. The molecule has 1 fully saturated rings. The lowest BCUT2D eigenvalue weighted by Crippen LogP contribution is -2.51. The van der Waals surface area contributed by atoms with E-state index in [1.165, 1.54) is 11.3 Å². The van der Waals surface area contributed by atoms with Crippen LogP contribution < -0.4 is 4.90 Å². The Bertz CT molecular complexity index is 1220. The number of likely N-dealkylation sites (N-methyl/N-ethyl adjacent to an activating group) is 1. The summed E-state index contributed by atoms with van der Waals surface area (Å²) in [5.74, 6) is 0.214. The van der Waals surface area contributed by atoms with Crippen molar-refractivity contribution in [3.05, 3.63) is 64.7 Å². The summed E-state index contributed by atoms with van der Waals surface area (Å²) in [4.78, 5) is 22.7. The standard InChI is InChI=1S/C27H32N4O/c1-5-29-10-11-30(16-19(29)3)24-8-6-22-13-25(27(32)9-7-21(22)12-24)23-14-26-20(4)28-18(2)15-31(26)17-23/h6,8,12-15,17,19H,5,7,9-11,16H2,1-4H3/t19-/m0/s1. The Morgan fingerprint density at radius 1 is 1.09 bits per heavy atom. The molecule has 2 aliphatic rings. The van der Waals surface area contributed by atoms with Gasteiger partial charge in [0, 0.05) is 61.3 Å². The molecule has 3 aromatic rings. The molecule has 1 saturated heterocycles. The molecule has 0 unspecified atom stereocenters. The summed E-state index contributed by atoms with van der Waals surface area (Å²) < 4.78 is 2.09. The number of piperazine rings is 1. The van der Waals surface area contributed by atoms with Gasteiger partial charge in [-0.1, -0.05) is 13.0 Å². The molecular weight excluding hydrogens is 396 g/mol. The summed E-state index contributed by atoms with van der Waals surface area (Å²) in [7, 11) is 0. The number of anilines is 1. The lowest BCUT2D eigenvalue weighted by molar-refractivity contribution is -0.113. The lowest BCUT2D eigenvalue weighted by Gasteiger charge is -2.40. The van der Waals surface area contributed by atoms with Crippen LogP contribution in [-0.4, -0.2) is 52.3 Å². The number of carbonyl (C=O) groups excluding carboxylic acids is 1. The number of allylic oxidation sites excluding steroid dienone is 1. The second kappa shape index (κ2) is 8.21. The SMILES string of the molecule is CCN1CCN(c2ccc3c(c2)CCC(=O)C(c2cc4c(C)nc(C)cn4c2)=C3)C[C@@H]1C. The fourth-order valence-electron chi connectivity index (χ4n) is 5.28. The molecule has 0 N–H and O–H groups in total. The second-order valence-corrected chi connectivity index (χ2v) is 9.28. The minimum atomic E-state index is 0.214. The first kappa shape index (κ1) is 21.0. The van der Waals surface area contributed by atoms with Crippen LogP contribution in [0, 0.1) is 13.8 Å². The summed E-state index contributed by atoms with van der Waals surface area (Å²) in [6.07, 6.45) is 7.52. The fraction of sp³-hybridized carbons (Fsp3) is 0.407. The molecule has 0 spiro atoms. The van der Waals surface area contributed by atoms with Crippen LogP contribution in [0.4, 0.5) is 5.69 Å².